The van der Waals surface area contributed by atoms with E-state index in [2.05, 4.69) is 9.97 Å². The molecule has 0 aliphatic carbocycles. The topological polar surface area (TPSA) is 113 Å². The Morgan fingerprint density at radius 2 is 1.89 bits per heavy atom. The summed E-state index contributed by atoms with van der Waals surface area (Å²) in [5.74, 6) is -0.921. The second-order valence-electron chi connectivity index (χ2n) is 7.33. The molecule has 0 radical (unpaired) electrons. The molecule has 7 nitrogen and oxygen atoms in total. The van der Waals surface area contributed by atoms with Gasteiger partial charge in [-0.2, -0.15) is 0 Å². The Hall–Kier alpha value is -2.67. The second-order valence-corrected chi connectivity index (χ2v) is 7.33. The smallest absolute Gasteiger partial charge is 0.353 e. The van der Waals surface area contributed by atoms with Gasteiger partial charge in [0, 0.05) is 18.3 Å². The molecule has 2 aliphatic rings. The summed E-state index contributed by atoms with van der Waals surface area (Å²) in [6.45, 7) is 0. The number of aromatic amines is 1. The van der Waals surface area contributed by atoms with Crippen LogP contribution in [0.15, 0.2) is 30.5 Å². The zero-order chi connectivity index (χ0) is 19.0. The number of rotatable bonds is 7. The molecule has 4 unspecified atom stereocenters. The molecule has 1 aromatic heterocycles. The number of aromatic nitrogens is 2. The largest absolute Gasteiger partial charge is 0.481 e. The number of hydrogen-bond donors (Lipinski definition) is 3. The van der Waals surface area contributed by atoms with Gasteiger partial charge in [0.05, 0.1) is 18.4 Å². The fraction of sp³-hybridized carbons (Fsp3) is 0.450. The molecule has 2 aromatic rings. The SMILES string of the molecule is O=C(O)CCc1ccccc1CC1C2CCC(O2)C1c1ncc(C(=O)O)[nH]1. The van der Waals surface area contributed by atoms with Crippen molar-refractivity contribution in [1.82, 2.24) is 9.97 Å². The van der Waals surface area contributed by atoms with Crippen LogP contribution >= 0.6 is 0 Å². The van der Waals surface area contributed by atoms with Crippen LogP contribution in [0.25, 0.3) is 0 Å². The molecule has 2 fully saturated rings. The van der Waals surface area contributed by atoms with E-state index in [9.17, 15) is 9.59 Å². The average Bonchev–Trinajstić information content (AvgIpc) is 3.36. The first kappa shape index (κ1) is 17.7. The third kappa shape index (κ3) is 3.47. The maximum absolute atomic E-state index is 11.2. The molecule has 3 heterocycles. The van der Waals surface area contributed by atoms with Gasteiger partial charge >= 0.3 is 11.9 Å². The summed E-state index contributed by atoms with van der Waals surface area (Å²) in [5, 5.41) is 18.2. The van der Waals surface area contributed by atoms with Crippen molar-refractivity contribution in [3.63, 3.8) is 0 Å². The number of carboxylic acids is 2. The Morgan fingerprint density at radius 1 is 1.15 bits per heavy atom. The van der Waals surface area contributed by atoms with E-state index < -0.39 is 11.9 Å². The predicted molar refractivity (Wildman–Crippen MR) is 95.8 cm³/mol. The van der Waals surface area contributed by atoms with Crippen LogP contribution in [-0.4, -0.2) is 44.3 Å². The minimum Gasteiger partial charge on any atom is -0.481 e. The zero-order valence-corrected chi connectivity index (χ0v) is 14.8. The molecule has 1 aromatic carbocycles. The number of imidazole rings is 1. The van der Waals surface area contributed by atoms with Crippen LogP contribution in [0.4, 0.5) is 0 Å². The highest BCUT2D eigenvalue weighted by Gasteiger charge is 2.50. The molecule has 27 heavy (non-hydrogen) atoms. The van der Waals surface area contributed by atoms with Gasteiger partial charge in [0.1, 0.15) is 11.5 Å². The normalized spacial score (nSPS) is 26.4. The van der Waals surface area contributed by atoms with Crippen LogP contribution in [0.3, 0.4) is 0 Å². The number of nitrogens with one attached hydrogen (secondary N) is 1. The van der Waals surface area contributed by atoms with Crippen molar-refractivity contribution in [2.75, 3.05) is 0 Å². The van der Waals surface area contributed by atoms with Crippen LogP contribution in [-0.2, 0) is 22.4 Å². The molecule has 7 heteroatoms. The van der Waals surface area contributed by atoms with E-state index in [1.54, 1.807) is 0 Å². The maximum atomic E-state index is 11.2. The lowest BCUT2D eigenvalue weighted by molar-refractivity contribution is -0.136. The summed E-state index contributed by atoms with van der Waals surface area (Å²) in [6, 6.07) is 7.93. The third-order valence-electron chi connectivity index (χ3n) is 5.75. The quantitative estimate of drug-likeness (QED) is 0.691. The van der Waals surface area contributed by atoms with E-state index >= 15 is 0 Å². The summed E-state index contributed by atoms with van der Waals surface area (Å²) in [6.07, 6.45) is 4.87. The highest BCUT2D eigenvalue weighted by molar-refractivity contribution is 5.85. The molecule has 0 saturated carbocycles. The van der Waals surface area contributed by atoms with Crippen molar-refractivity contribution in [3.8, 4) is 0 Å². The van der Waals surface area contributed by atoms with E-state index in [1.165, 1.54) is 6.20 Å². The van der Waals surface area contributed by atoms with E-state index in [0.29, 0.717) is 12.2 Å². The van der Waals surface area contributed by atoms with Crippen molar-refractivity contribution in [2.45, 2.75) is 50.2 Å². The van der Waals surface area contributed by atoms with Crippen molar-refractivity contribution < 1.29 is 24.5 Å². The number of benzene rings is 1. The number of aryl methyl sites for hydroxylation is 1. The third-order valence-corrected chi connectivity index (χ3v) is 5.75. The van der Waals surface area contributed by atoms with Gasteiger partial charge in [-0.1, -0.05) is 24.3 Å². The number of ether oxygens (including phenoxy) is 1. The molecule has 142 valence electrons. The molecule has 4 rings (SSSR count). The standard InChI is InChI=1S/C20H22N2O5/c23-17(24)8-5-11-3-1-2-4-12(11)9-13-15-6-7-16(27-15)18(13)19-21-10-14(22-19)20(25)26/h1-4,10,13,15-16,18H,5-9H2,(H,21,22)(H,23,24)(H,25,26). The van der Waals surface area contributed by atoms with E-state index in [4.69, 9.17) is 14.9 Å². The van der Waals surface area contributed by atoms with Crippen LogP contribution in [0.2, 0.25) is 0 Å². The highest BCUT2D eigenvalue weighted by atomic mass is 16.5. The molecular formula is C20H22N2O5. The lowest BCUT2D eigenvalue weighted by atomic mass is 9.75. The summed E-state index contributed by atoms with van der Waals surface area (Å²) in [5.41, 5.74) is 2.27. The van der Waals surface area contributed by atoms with Gasteiger partial charge in [0.2, 0.25) is 0 Å². The molecular weight excluding hydrogens is 348 g/mol. The van der Waals surface area contributed by atoms with Gasteiger partial charge in [0.15, 0.2) is 0 Å². The number of carboxylic acid groups (broad SMARTS) is 2. The molecule has 0 spiro atoms. The first-order chi connectivity index (χ1) is 13.0. The summed E-state index contributed by atoms with van der Waals surface area (Å²) < 4.78 is 6.13. The van der Waals surface area contributed by atoms with Crippen LogP contribution < -0.4 is 0 Å². The lowest BCUT2D eigenvalue weighted by Gasteiger charge is -2.27. The van der Waals surface area contributed by atoms with E-state index in [-0.39, 0.29) is 36.2 Å². The zero-order valence-electron chi connectivity index (χ0n) is 14.8. The molecule has 2 aliphatic heterocycles. The van der Waals surface area contributed by atoms with E-state index in [1.807, 2.05) is 24.3 Å². The van der Waals surface area contributed by atoms with Crippen LogP contribution in [0, 0.1) is 5.92 Å². The summed E-state index contributed by atoms with van der Waals surface area (Å²) in [7, 11) is 0. The maximum Gasteiger partial charge on any atom is 0.353 e. The Morgan fingerprint density at radius 3 is 2.59 bits per heavy atom. The van der Waals surface area contributed by atoms with Crippen molar-refractivity contribution in [1.29, 1.82) is 0 Å². The number of carbonyl (C=O) groups is 2. The fourth-order valence-corrected chi connectivity index (χ4v) is 4.52. The number of hydrogen-bond acceptors (Lipinski definition) is 4. The summed E-state index contributed by atoms with van der Waals surface area (Å²) >= 11 is 0. The number of aromatic carboxylic acids is 1. The van der Waals surface area contributed by atoms with Crippen LogP contribution in [0.5, 0.6) is 0 Å². The Bertz CT molecular complexity index is 862. The van der Waals surface area contributed by atoms with Gasteiger partial charge in [-0.15, -0.1) is 0 Å². The Kier molecular flexibility index (Phi) is 4.70. The molecule has 2 saturated heterocycles. The van der Waals surface area contributed by atoms with Crippen LogP contribution in [0.1, 0.15) is 52.6 Å². The number of nitrogens with zero attached hydrogens (tertiary/aromatic N) is 1. The fourth-order valence-electron chi connectivity index (χ4n) is 4.52. The minimum atomic E-state index is -1.02. The van der Waals surface area contributed by atoms with Gasteiger partial charge in [-0.05, 0) is 36.8 Å². The van der Waals surface area contributed by atoms with Gasteiger partial charge in [-0.25, -0.2) is 9.78 Å². The highest BCUT2D eigenvalue weighted by Crippen LogP contribution is 2.49. The number of H-pyrrole nitrogens is 1. The first-order valence-corrected chi connectivity index (χ1v) is 9.25. The Labute approximate surface area is 156 Å². The lowest BCUT2D eigenvalue weighted by Crippen LogP contribution is -2.28. The monoisotopic (exact) mass is 370 g/mol. The van der Waals surface area contributed by atoms with Gasteiger partial charge in [0.25, 0.3) is 0 Å². The second kappa shape index (κ2) is 7.15. The Balaban J connectivity index is 1.58. The molecule has 3 N–H and O–H groups in total. The van der Waals surface area contributed by atoms with Crippen molar-refractivity contribution in [3.05, 3.63) is 53.1 Å². The van der Waals surface area contributed by atoms with E-state index in [0.717, 1.165) is 30.4 Å². The minimum absolute atomic E-state index is 0.0318. The molecule has 4 atom stereocenters. The molecule has 0 amide bonds. The average molecular weight is 370 g/mol. The first-order valence-electron chi connectivity index (χ1n) is 9.25. The predicted octanol–water partition coefficient (Wildman–Crippen LogP) is 2.63. The number of fused-ring (bicyclic) bond motifs is 2. The summed E-state index contributed by atoms with van der Waals surface area (Å²) in [4.78, 5) is 29.4. The number of aliphatic carboxylic acids is 1. The van der Waals surface area contributed by atoms with Gasteiger partial charge in [-0.3, -0.25) is 4.79 Å². The van der Waals surface area contributed by atoms with Crippen molar-refractivity contribution >= 4 is 11.9 Å². The van der Waals surface area contributed by atoms with Crippen molar-refractivity contribution in [2.24, 2.45) is 5.92 Å². The van der Waals surface area contributed by atoms with Gasteiger partial charge < -0.3 is 19.9 Å². The molecule has 2 bridgehead atoms.